The predicted molar refractivity (Wildman–Crippen MR) is 96.7 cm³/mol. The van der Waals surface area contributed by atoms with Crippen LogP contribution in [0.25, 0.3) is 0 Å². The Morgan fingerprint density at radius 1 is 0.870 bits per heavy atom. The molecule has 0 radical (unpaired) electrons. The highest BCUT2D eigenvalue weighted by Gasteiger charge is 2.12. The fourth-order valence-electron chi connectivity index (χ4n) is 2.67. The first kappa shape index (κ1) is 19.6. The topological polar surface area (TPSA) is 34.1 Å². The molecule has 0 spiro atoms. The third-order valence-corrected chi connectivity index (χ3v) is 4.58. The lowest BCUT2D eigenvalue weighted by molar-refractivity contribution is -0.122. The second kappa shape index (κ2) is 9.64. The molecule has 0 unspecified atom stereocenters. The maximum absolute atomic E-state index is 12.0. The van der Waals surface area contributed by atoms with Crippen molar-refractivity contribution in [3.05, 3.63) is 34.9 Å². The Hall–Kier alpha value is -1.44. The number of aryl methyl sites for hydroxylation is 1. The lowest BCUT2D eigenvalue weighted by atomic mass is 9.92. The van der Waals surface area contributed by atoms with Gasteiger partial charge in [0.1, 0.15) is 11.6 Å². The van der Waals surface area contributed by atoms with E-state index in [0.717, 1.165) is 31.2 Å². The van der Waals surface area contributed by atoms with Crippen molar-refractivity contribution in [2.45, 2.75) is 73.1 Å². The zero-order valence-corrected chi connectivity index (χ0v) is 15.4. The van der Waals surface area contributed by atoms with Gasteiger partial charge in [0.05, 0.1) is 0 Å². The number of ketones is 2. The molecule has 0 saturated carbocycles. The van der Waals surface area contributed by atoms with Crippen molar-refractivity contribution >= 4 is 11.6 Å². The Labute approximate surface area is 141 Å². The number of hydrogen-bond acceptors (Lipinski definition) is 2. The molecular weight excluding hydrogens is 284 g/mol. The summed E-state index contributed by atoms with van der Waals surface area (Å²) in [4.78, 5) is 23.6. The third kappa shape index (κ3) is 6.68. The van der Waals surface area contributed by atoms with Crippen LogP contribution in [0, 0.1) is 18.8 Å². The summed E-state index contributed by atoms with van der Waals surface area (Å²) in [5.41, 5.74) is 3.77. The molecule has 23 heavy (non-hydrogen) atoms. The van der Waals surface area contributed by atoms with E-state index in [0.29, 0.717) is 24.4 Å². The Balaban J connectivity index is 2.49. The summed E-state index contributed by atoms with van der Waals surface area (Å²) in [6.45, 7) is 9.98. The highest BCUT2D eigenvalue weighted by Crippen LogP contribution is 2.19. The second-order valence-electron chi connectivity index (χ2n) is 7.18. The smallest absolute Gasteiger partial charge is 0.139 e. The SMILES string of the molecule is Cc1c(CCCCCC(=O)C(C)C)cccc1CC(=O)C(C)C. The number of hydrogen-bond donors (Lipinski definition) is 0. The third-order valence-electron chi connectivity index (χ3n) is 4.58. The van der Waals surface area contributed by atoms with Crippen molar-refractivity contribution in [3.63, 3.8) is 0 Å². The molecule has 2 heteroatoms. The first-order valence-corrected chi connectivity index (χ1v) is 8.95. The summed E-state index contributed by atoms with van der Waals surface area (Å²) in [6.07, 6.45) is 5.47. The van der Waals surface area contributed by atoms with Gasteiger partial charge in [-0.1, -0.05) is 52.3 Å². The van der Waals surface area contributed by atoms with Crippen molar-refractivity contribution in [1.29, 1.82) is 0 Å². The number of unbranched alkanes of at least 4 members (excludes halogenated alkanes) is 2. The van der Waals surface area contributed by atoms with Gasteiger partial charge in [0.2, 0.25) is 0 Å². The van der Waals surface area contributed by atoms with Crippen LogP contribution in [0.3, 0.4) is 0 Å². The zero-order chi connectivity index (χ0) is 17.4. The number of Topliss-reactive ketones (excluding diaryl/α,β-unsaturated/α-hetero) is 2. The highest BCUT2D eigenvalue weighted by atomic mass is 16.1. The van der Waals surface area contributed by atoms with Crippen molar-refractivity contribution in [1.82, 2.24) is 0 Å². The van der Waals surface area contributed by atoms with Gasteiger partial charge in [0.25, 0.3) is 0 Å². The Kier molecular flexibility index (Phi) is 8.22. The highest BCUT2D eigenvalue weighted by molar-refractivity contribution is 5.83. The minimum absolute atomic E-state index is 0.0940. The van der Waals surface area contributed by atoms with Gasteiger partial charge in [0.15, 0.2) is 0 Å². The average Bonchev–Trinajstić information content (AvgIpc) is 2.49. The molecule has 1 rings (SSSR count). The van der Waals surface area contributed by atoms with Gasteiger partial charge in [-0.05, 0) is 42.9 Å². The molecule has 128 valence electrons. The summed E-state index contributed by atoms with van der Waals surface area (Å²) >= 11 is 0. The van der Waals surface area contributed by atoms with E-state index in [1.54, 1.807) is 0 Å². The lowest BCUT2D eigenvalue weighted by Crippen LogP contribution is -2.11. The maximum atomic E-state index is 12.0. The summed E-state index contributed by atoms with van der Waals surface area (Å²) in [5.74, 6) is 0.928. The van der Waals surface area contributed by atoms with Crippen molar-refractivity contribution in [2.24, 2.45) is 11.8 Å². The fraction of sp³-hybridized carbons (Fsp3) is 0.619. The van der Waals surface area contributed by atoms with E-state index in [9.17, 15) is 9.59 Å². The van der Waals surface area contributed by atoms with Gasteiger partial charge in [-0.15, -0.1) is 0 Å². The average molecular weight is 316 g/mol. The van der Waals surface area contributed by atoms with E-state index in [-0.39, 0.29) is 11.8 Å². The van der Waals surface area contributed by atoms with Crippen LogP contribution in [-0.4, -0.2) is 11.6 Å². The standard InChI is InChI=1S/C21H32O2/c1-15(2)20(22)13-8-6-7-10-18-11-9-12-19(17(18)5)14-21(23)16(3)4/h9,11-12,15-16H,6-8,10,13-14H2,1-5H3. The number of carbonyl (C=O) groups excluding carboxylic acids is 2. The van der Waals surface area contributed by atoms with E-state index in [4.69, 9.17) is 0 Å². The summed E-state index contributed by atoms with van der Waals surface area (Å²) in [7, 11) is 0. The number of carbonyl (C=O) groups is 2. The molecule has 1 aromatic carbocycles. The molecule has 0 aliphatic carbocycles. The number of rotatable bonds is 10. The van der Waals surface area contributed by atoms with Crippen LogP contribution in [0.1, 0.15) is 70.1 Å². The van der Waals surface area contributed by atoms with Gasteiger partial charge in [0, 0.05) is 24.7 Å². The van der Waals surface area contributed by atoms with E-state index in [2.05, 4.69) is 25.1 Å². The summed E-state index contributed by atoms with van der Waals surface area (Å²) in [5, 5.41) is 0. The van der Waals surface area contributed by atoms with Crippen molar-refractivity contribution in [3.8, 4) is 0 Å². The Morgan fingerprint density at radius 2 is 1.48 bits per heavy atom. The van der Waals surface area contributed by atoms with E-state index < -0.39 is 0 Å². The van der Waals surface area contributed by atoms with Crippen LogP contribution in [0.15, 0.2) is 18.2 Å². The minimum Gasteiger partial charge on any atom is -0.299 e. The van der Waals surface area contributed by atoms with Crippen LogP contribution < -0.4 is 0 Å². The largest absolute Gasteiger partial charge is 0.299 e. The normalized spacial score (nSPS) is 11.3. The molecule has 0 atom stereocenters. The van der Waals surface area contributed by atoms with Crippen molar-refractivity contribution in [2.75, 3.05) is 0 Å². The molecule has 0 amide bonds. The van der Waals surface area contributed by atoms with Gasteiger partial charge >= 0.3 is 0 Å². The van der Waals surface area contributed by atoms with Crippen LogP contribution in [-0.2, 0) is 22.4 Å². The molecular formula is C21H32O2. The van der Waals surface area contributed by atoms with E-state index in [1.807, 2.05) is 27.7 Å². The lowest BCUT2D eigenvalue weighted by Gasteiger charge is -2.12. The van der Waals surface area contributed by atoms with Crippen molar-refractivity contribution < 1.29 is 9.59 Å². The number of benzene rings is 1. The Bertz CT molecular complexity index is 527. The van der Waals surface area contributed by atoms with Gasteiger partial charge in [-0.3, -0.25) is 9.59 Å². The molecule has 0 bridgehead atoms. The molecule has 0 N–H and O–H groups in total. The van der Waals surface area contributed by atoms with Crippen LogP contribution in [0.5, 0.6) is 0 Å². The minimum atomic E-state index is 0.0940. The molecule has 0 fully saturated rings. The molecule has 0 aliphatic heterocycles. The molecule has 0 aromatic heterocycles. The van der Waals surface area contributed by atoms with Crippen LogP contribution >= 0.6 is 0 Å². The fourth-order valence-corrected chi connectivity index (χ4v) is 2.67. The van der Waals surface area contributed by atoms with Gasteiger partial charge in [-0.2, -0.15) is 0 Å². The second-order valence-corrected chi connectivity index (χ2v) is 7.18. The van der Waals surface area contributed by atoms with Crippen LogP contribution in [0.2, 0.25) is 0 Å². The van der Waals surface area contributed by atoms with Crippen LogP contribution in [0.4, 0.5) is 0 Å². The molecule has 0 saturated heterocycles. The molecule has 2 nitrogen and oxygen atoms in total. The molecule has 0 heterocycles. The predicted octanol–water partition coefficient (Wildman–Crippen LogP) is 5.09. The Morgan fingerprint density at radius 3 is 2.09 bits per heavy atom. The van der Waals surface area contributed by atoms with E-state index >= 15 is 0 Å². The molecule has 0 aliphatic rings. The summed E-state index contributed by atoms with van der Waals surface area (Å²) < 4.78 is 0. The monoisotopic (exact) mass is 316 g/mol. The quantitative estimate of drug-likeness (QED) is 0.563. The molecule has 1 aromatic rings. The van der Waals surface area contributed by atoms with Gasteiger partial charge < -0.3 is 0 Å². The maximum Gasteiger partial charge on any atom is 0.139 e. The zero-order valence-electron chi connectivity index (χ0n) is 15.4. The first-order chi connectivity index (χ1) is 10.8. The van der Waals surface area contributed by atoms with Gasteiger partial charge in [-0.25, -0.2) is 0 Å². The first-order valence-electron chi connectivity index (χ1n) is 8.95. The summed E-state index contributed by atoms with van der Waals surface area (Å²) in [6, 6.07) is 6.30. The van der Waals surface area contributed by atoms with E-state index in [1.165, 1.54) is 11.1 Å².